The van der Waals surface area contributed by atoms with Crippen molar-refractivity contribution in [2.45, 2.75) is 33.6 Å². The second kappa shape index (κ2) is 14.5. The molecule has 0 saturated heterocycles. The summed E-state index contributed by atoms with van der Waals surface area (Å²) in [4.78, 5) is 11.7. The zero-order chi connectivity index (χ0) is 27.5. The highest BCUT2D eigenvalue weighted by molar-refractivity contribution is 6.30. The van der Waals surface area contributed by atoms with Crippen LogP contribution in [0.25, 0.3) is 11.3 Å². The molecule has 0 radical (unpaired) electrons. The van der Waals surface area contributed by atoms with Gasteiger partial charge in [0.15, 0.2) is 0 Å². The van der Waals surface area contributed by atoms with Crippen LogP contribution in [0.3, 0.4) is 0 Å². The number of anilines is 2. The number of halogens is 1. The van der Waals surface area contributed by atoms with Crippen molar-refractivity contribution in [2.24, 2.45) is 0 Å². The molecule has 0 aliphatic carbocycles. The Balaban J connectivity index is 1.30. The number of hydrogen-bond donors (Lipinski definition) is 1. The van der Waals surface area contributed by atoms with Crippen LogP contribution in [0.2, 0.25) is 5.02 Å². The van der Waals surface area contributed by atoms with Crippen molar-refractivity contribution in [3.8, 4) is 22.8 Å². The Morgan fingerprint density at radius 2 is 1.44 bits per heavy atom. The lowest BCUT2D eigenvalue weighted by Gasteiger charge is -2.17. The van der Waals surface area contributed by atoms with Crippen LogP contribution in [0.15, 0.2) is 78.9 Å². The third-order valence-electron chi connectivity index (χ3n) is 6.47. The van der Waals surface area contributed by atoms with E-state index in [1.54, 1.807) is 0 Å². The summed E-state index contributed by atoms with van der Waals surface area (Å²) < 4.78 is 11.8. The minimum absolute atomic E-state index is 0.557. The Bertz CT molecular complexity index is 1290. The first-order chi connectivity index (χ1) is 19.0. The van der Waals surface area contributed by atoms with Crippen molar-refractivity contribution >= 4 is 23.2 Å². The maximum Gasteiger partial charge on any atom is 0.227 e. The van der Waals surface area contributed by atoms with Crippen molar-refractivity contribution in [1.29, 1.82) is 0 Å². The summed E-state index contributed by atoms with van der Waals surface area (Å²) in [6, 6.07) is 25.8. The molecule has 0 spiro atoms. The van der Waals surface area contributed by atoms with E-state index in [4.69, 9.17) is 26.1 Å². The molecule has 0 fully saturated rings. The van der Waals surface area contributed by atoms with Crippen LogP contribution in [-0.4, -0.2) is 47.7 Å². The van der Waals surface area contributed by atoms with E-state index in [-0.39, 0.29) is 0 Å². The molecule has 1 aromatic heterocycles. The quantitative estimate of drug-likeness (QED) is 0.165. The predicted octanol–water partition coefficient (Wildman–Crippen LogP) is 7.58. The number of benzene rings is 3. The number of aromatic nitrogens is 2. The zero-order valence-corrected chi connectivity index (χ0v) is 23.7. The summed E-state index contributed by atoms with van der Waals surface area (Å²) in [6.07, 6.45) is 1.83. The van der Waals surface area contributed by atoms with Crippen molar-refractivity contribution in [2.75, 3.05) is 38.2 Å². The van der Waals surface area contributed by atoms with Gasteiger partial charge in [0.25, 0.3) is 0 Å². The summed E-state index contributed by atoms with van der Waals surface area (Å²) in [5.41, 5.74) is 4.85. The fourth-order valence-corrected chi connectivity index (χ4v) is 4.34. The topological polar surface area (TPSA) is 59.5 Å². The highest BCUT2D eigenvalue weighted by Gasteiger charge is 2.07. The van der Waals surface area contributed by atoms with Gasteiger partial charge in [-0.1, -0.05) is 37.6 Å². The molecule has 6 nitrogen and oxygen atoms in total. The Labute approximate surface area is 237 Å². The van der Waals surface area contributed by atoms with E-state index < -0.39 is 0 Å². The molecular weight excluding hydrogens is 508 g/mol. The van der Waals surface area contributed by atoms with Gasteiger partial charge in [-0.05, 0) is 98.7 Å². The molecule has 7 heteroatoms. The lowest BCUT2D eigenvalue weighted by Crippen LogP contribution is -2.25. The maximum atomic E-state index is 5.96. The van der Waals surface area contributed by atoms with Crippen LogP contribution < -0.4 is 14.8 Å². The Morgan fingerprint density at radius 1 is 0.795 bits per heavy atom. The molecule has 39 heavy (non-hydrogen) atoms. The summed E-state index contributed by atoms with van der Waals surface area (Å²) in [5.74, 6) is 2.25. The normalized spacial score (nSPS) is 11.0. The van der Waals surface area contributed by atoms with Crippen LogP contribution in [0.5, 0.6) is 11.5 Å². The van der Waals surface area contributed by atoms with Gasteiger partial charge in [0.2, 0.25) is 5.95 Å². The molecule has 0 atom stereocenters. The average Bonchev–Trinajstić information content (AvgIpc) is 2.95. The third-order valence-corrected chi connectivity index (χ3v) is 6.72. The highest BCUT2D eigenvalue weighted by atomic mass is 35.5. The van der Waals surface area contributed by atoms with Gasteiger partial charge < -0.3 is 19.7 Å². The Hall–Kier alpha value is -3.61. The number of nitrogens with one attached hydrogen (secondary N) is 1. The van der Waals surface area contributed by atoms with E-state index in [1.807, 2.05) is 85.8 Å². The van der Waals surface area contributed by atoms with E-state index in [0.717, 1.165) is 71.6 Å². The first-order valence-electron chi connectivity index (χ1n) is 13.6. The SMILES string of the molecule is CCN(CC)CCCOc1ccc(Nc2nc(C)cc(-c3ccc(OCCc4ccc(Cl)cc4)cc3)n2)cc1. The molecule has 0 aliphatic rings. The van der Waals surface area contributed by atoms with Crippen molar-refractivity contribution in [3.05, 3.63) is 95.1 Å². The van der Waals surface area contributed by atoms with E-state index in [1.165, 1.54) is 5.56 Å². The van der Waals surface area contributed by atoms with Crippen LogP contribution in [-0.2, 0) is 6.42 Å². The fraction of sp³-hybridized carbons (Fsp3) is 0.312. The molecule has 0 aliphatic heterocycles. The second-order valence-corrected chi connectivity index (χ2v) is 9.78. The number of aryl methyl sites for hydroxylation is 1. The van der Waals surface area contributed by atoms with E-state index in [0.29, 0.717) is 19.2 Å². The predicted molar refractivity (Wildman–Crippen MR) is 160 cm³/mol. The molecule has 3 aromatic carbocycles. The lowest BCUT2D eigenvalue weighted by atomic mass is 10.1. The van der Waals surface area contributed by atoms with E-state index in [9.17, 15) is 0 Å². The number of hydrogen-bond acceptors (Lipinski definition) is 6. The van der Waals surface area contributed by atoms with Crippen molar-refractivity contribution in [1.82, 2.24) is 14.9 Å². The third kappa shape index (κ3) is 8.98. The summed E-state index contributed by atoms with van der Waals surface area (Å²) in [7, 11) is 0. The number of ether oxygens (including phenoxy) is 2. The first-order valence-corrected chi connectivity index (χ1v) is 14.0. The minimum Gasteiger partial charge on any atom is -0.494 e. The zero-order valence-electron chi connectivity index (χ0n) is 23.0. The van der Waals surface area contributed by atoms with Crippen molar-refractivity contribution < 1.29 is 9.47 Å². The lowest BCUT2D eigenvalue weighted by molar-refractivity contribution is 0.249. The summed E-state index contributed by atoms with van der Waals surface area (Å²) in [5, 5.41) is 4.06. The van der Waals surface area contributed by atoms with Gasteiger partial charge in [0, 0.05) is 34.9 Å². The van der Waals surface area contributed by atoms with E-state index in [2.05, 4.69) is 29.0 Å². The molecule has 0 amide bonds. The molecular formula is C32H37ClN4O2. The van der Waals surface area contributed by atoms with Crippen LogP contribution >= 0.6 is 11.6 Å². The number of rotatable bonds is 14. The largest absolute Gasteiger partial charge is 0.494 e. The van der Waals surface area contributed by atoms with Crippen LogP contribution in [0.4, 0.5) is 11.6 Å². The fourth-order valence-electron chi connectivity index (χ4n) is 4.21. The van der Waals surface area contributed by atoms with Gasteiger partial charge in [0.05, 0.1) is 18.9 Å². The standard InChI is InChI=1S/C32H37ClN4O2/c1-4-37(5-2)20-6-21-38-30-17-13-28(14-18-30)35-32-34-24(3)23-31(36-32)26-9-15-29(16-10-26)39-22-19-25-7-11-27(33)12-8-25/h7-18,23H,4-6,19-22H2,1-3H3,(H,34,35,36). The van der Waals surface area contributed by atoms with Gasteiger partial charge in [-0.15, -0.1) is 0 Å². The number of nitrogens with zero attached hydrogens (tertiary/aromatic N) is 3. The first kappa shape index (κ1) is 28.4. The minimum atomic E-state index is 0.557. The van der Waals surface area contributed by atoms with Gasteiger partial charge in [-0.3, -0.25) is 0 Å². The van der Waals surface area contributed by atoms with Crippen LogP contribution in [0.1, 0.15) is 31.5 Å². The van der Waals surface area contributed by atoms with Gasteiger partial charge in [0.1, 0.15) is 11.5 Å². The summed E-state index contributed by atoms with van der Waals surface area (Å²) in [6.45, 7) is 10.9. The molecule has 0 bridgehead atoms. The highest BCUT2D eigenvalue weighted by Crippen LogP contribution is 2.24. The summed E-state index contributed by atoms with van der Waals surface area (Å²) >= 11 is 5.96. The Kier molecular flexibility index (Phi) is 10.6. The second-order valence-electron chi connectivity index (χ2n) is 9.35. The Morgan fingerprint density at radius 3 is 2.10 bits per heavy atom. The molecule has 1 heterocycles. The molecule has 0 saturated carbocycles. The van der Waals surface area contributed by atoms with Crippen molar-refractivity contribution in [3.63, 3.8) is 0 Å². The van der Waals surface area contributed by atoms with Gasteiger partial charge in [-0.2, -0.15) is 0 Å². The molecule has 4 rings (SSSR count). The van der Waals surface area contributed by atoms with Gasteiger partial charge >= 0.3 is 0 Å². The van der Waals surface area contributed by atoms with Gasteiger partial charge in [-0.25, -0.2) is 9.97 Å². The molecule has 0 unspecified atom stereocenters. The smallest absolute Gasteiger partial charge is 0.227 e. The molecule has 4 aromatic rings. The molecule has 1 N–H and O–H groups in total. The van der Waals surface area contributed by atoms with Crippen LogP contribution in [0, 0.1) is 6.92 Å². The van der Waals surface area contributed by atoms with E-state index >= 15 is 0 Å². The molecule has 204 valence electrons. The monoisotopic (exact) mass is 544 g/mol. The maximum absolute atomic E-state index is 5.96. The average molecular weight is 545 g/mol.